The van der Waals surface area contributed by atoms with E-state index in [0.717, 1.165) is 6.42 Å². The van der Waals surface area contributed by atoms with Crippen LogP contribution >= 0.6 is 0 Å². The Bertz CT molecular complexity index is 1000. The number of benzene rings is 2. The van der Waals surface area contributed by atoms with Gasteiger partial charge in [0.05, 0.1) is 16.8 Å². The summed E-state index contributed by atoms with van der Waals surface area (Å²) in [6.07, 6.45) is 0.787. The zero-order chi connectivity index (χ0) is 20.1. The SMILES string of the molecule is CC[C@@H](C)NC(=O)COC(=O)c1cc(-c2ccc(F)cc2)nc2ccccc12. The molecule has 0 aliphatic rings. The molecule has 0 spiro atoms. The van der Waals surface area contributed by atoms with Crippen molar-refractivity contribution in [1.29, 1.82) is 0 Å². The van der Waals surface area contributed by atoms with E-state index in [9.17, 15) is 14.0 Å². The molecule has 0 bridgehead atoms. The Labute approximate surface area is 162 Å². The van der Waals surface area contributed by atoms with Gasteiger partial charge in [0.2, 0.25) is 0 Å². The van der Waals surface area contributed by atoms with Gasteiger partial charge in [0.25, 0.3) is 5.91 Å². The van der Waals surface area contributed by atoms with Gasteiger partial charge in [-0.3, -0.25) is 4.79 Å². The van der Waals surface area contributed by atoms with Gasteiger partial charge in [0.15, 0.2) is 6.61 Å². The van der Waals surface area contributed by atoms with Crippen LogP contribution in [0.1, 0.15) is 30.6 Å². The molecule has 0 aliphatic carbocycles. The molecule has 1 atom stereocenters. The van der Waals surface area contributed by atoms with Crippen LogP contribution in [-0.2, 0) is 9.53 Å². The van der Waals surface area contributed by atoms with Crippen molar-refractivity contribution >= 4 is 22.8 Å². The quantitative estimate of drug-likeness (QED) is 0.654. The maximum absolute atomic E-state index is 13.2. The molecule has 1 heterocycles. The van der Waals surface area contributed by atoms with E-state index in [4.69, 9.17) is 4.74 Å². The minimum atomic E-state index is -0.610. The summed E-state index contributed by atoms with van der Waals surface area (Å²) in [5.74, 6) is -1.31. The van der Waals surface area contributed by atoms with Gasteiger partial charge in [-0.05, 0) is 49.7 Å². The number of fused-ring (bicyclic) bond motifs is 1. The lowest BCUT2D eigenvalue weighted by molar-refractivity contribution is -0.124. The Morgan fingerprint density at radius 1 is 1.14 bits per heavy atom. The Morgan fingerprint density at radius 2 is 1.86 bits per heavy atom. The highest BCUT2D eigenvalue weighted by Crippen LogP contribution is 2.25. The highest BCUT2D eigenvalue weighted by Gasteiger charge is 2.17. The van der Waals surface area contributed by atoms with Crippen LogP contribution in [0.15, 0.2) is 54.6 Å². The summed E-state index contributed by atoms with van der Waals surface area (Å²) in [5.41, 5.74) is 2.12. The maximum atomic E-state index is 13.2. The summed E-state index contributed by atoms with van der Waals surface area (Å²) < 4.78 is 18.4. The fraction of sp³-hybridized carbons (Fsp3) is 0.227. The molecule has 0 unspecified atom stereocenters. The lowest BCUT2D eigenvalue weighted by atomic mass is 10.0. The van der Waals surface area contributed by atoms with Crippen LogP contribution in [0.25, 0.3) is 22.2 Å². The van der Waals surface area contributed by atoms with Crippen molar-refractivity contribution in [2.75, 3.05) is 6.61 Å². The summed E-state index contributed by atoms with van der Waals surface area (Å²) in [5, 5.41) is 3.38. The van der Waals surface area contributed by atoms with Gasteiger partial charge in [0, 0.05) is 17.0 Å². The van der Waals surface area contributed by atoms with E-state index < -0.39 is 5.97 Å². The van der Waals surface area contributed by atoms with Gasteiger partial charge < -0.3 is 10.1 Å². The Morgan fingerprint density at radius 3 is 2.57 bits per heavy atom. The first-order valence-electron chi connectivity index (χ1n) is 9.10. The topological polar surface area (TPSA) is 68.3 Å². The highest BCUT2D eigenvalue weighted by molar-refractivity contribution is 6.05. The first-order valence-corrected chi connectivity index (χ1v) is 9.10. The van der Waals surface area contributed by atoms with E-state index in [1.54, 1.807) is 36.4 Å². The normalized spacial score (nSPS) is 11.8. The number of pyridine rings is 1. The van der Waals surface area contributed by atoms with Crippen LogP contribution in [0.4, 0.5) is 4.39 Å². The molecule has 28 heavy (non-hydrogen) atoms. The molecule has 3 rings (SSSR count). The van der Waals surface area contributed by atoms with E-state index in [1.165, 1.54) is 12.1 Å². The van der Waals surface area contributed by atoms with Crippen LogP contribution in [0.5, 0.6) is 0 Å². The smallest absolute Gasteiger partial charge is 0.339 e. The number of amides is 1. The van der Waals surface area contributed by atoms with Crippen LogP contribution < -0.4 is 5.32 Å². The molecule has 1 N–H and O–H groups in total. The molecule has 6 heteroatoms. The summed E-state index contributed by atoms with van der Waals surface area (Å²) in [6, 6.07) is 14.7. The number of rotatable bonds is 6. The summed E-state index contributed by atoms with van der Waals surface area (Å²) in [6.45, 7) is 3.48. The summed E-state index contributed by atoms with van der Waals surface area (Å²) in [7, 11) is 0. The van der Waals surface area contributed by atoms with Crippen LogP contribution in [0.2, 0.25) is 0 Å². The van der Waals surface area contributed by atoms with Crippen LogP contribution in [0, 0.1) is 5.82 Å². The average Bonchev–Trinajstić information content (AvgIpc) is 2.71. The number of carbonyl (C=O) groups excluding carboxylic acids is 2. The average molecular weight is 380 g/mol. The van der Waals surface area contributed by atoms with Gasteiger partial charge in [-0.15, -0.1) is 0 Å². The number of hydrogen-bond acceptors (Lipinski definition) is 4. The van der Waals surface area contributed by atoms with Gasteiger partial charge in [-0.2, -0.15) is 0 Å². The zero-order valence-electron chi connectivity index (χ0n) is 15.7. The van der Waals surface area contributed by atoms with Crippen LogP contribution in [0.3, 0.4) is 0 Å². The summed E-state index contributed by atoms with van der Waals surface area (Å²) >= 11 is 0. The van der Waals surface area contributed by atoms with Gasteiger partial charge in [-0.1, -0.05) is 25.1 Å². The number of esters is 1. The van der Waals surface area contributed by atoms with Crippen LogP contribution in [-0.4, -0.2) is 29.5 Å². The van der Waals surface area contributed by atoms with E-state index >= 15 is 0 Å². The predicted molar refractivity (Wildman–Crippen MR) is 105 cm³/mol. The molecule has 2 aromatic carbocycles. The standard InChI is InChI=1S/C22H21FN2O3/c1-3-14(2)24-21(26)13-28-22(27)18-12-20(15-8-10-16(23)11-9-15)25-19-7-5-4-6-17(18)19/h4-12,14H,3,13H2,1-2H3,(H,24,26)/t14-/m1/s1. The van der Waals surface area contributed by atoms with Crippen molar-refractivity contribution < 1.29 is 18.7 Å². The zero-order valence-corrected chi connectivity index (χ0v) is 15.7. The lowest BCUT2D eigenvalue weighted by Crippen LogP contribution is -2.35. The second kappa shape index (κ2) is 8.61. The molecular formula is C22H21FN2O3. The first-order chi connectivity index (χ1) is 13.5. The van der Waals surface area contributed by atoms with Crippen molar-refractivity contribution in [3.63, 3.8) is 0 Å². The number of para-hydroxylation sites is 1. The fourth-order valence-corrected chi connectivity index (χ4v) is 2.74. The molecule has 1 amide bonds. The minimum absolute atomic E-state index is 0.0121. The minimum Gasteiger partial charge on any atom is -0.452 e. The van der Waals surface area contributed by atoms with Gasteiger partial charge in [0.1, 0.15) is 5.82 Å². The second-order valence-electron chi connectivity index (χ2n) is 6.53. The molecule has 0 radical (unpaired) electrons. The fourth-order valence-electron chi connectivity index (χ4n) is 2.74. The van der Waals surface area contributed by atoms with Crippen molar-refractivity contribution in [2.24, 2.45) is 0 Å². The van der Waals surface area contributed by atoms with Crippen molar-refractivity contribution in [3.05, 3.63) is 66.0 Å². The molecule has 144 valence electrons. The second-order valence-corrected chi connectivity index (χ2v) is 6.53. The number of aromatic nitrogens is 1. The number of carbonyl (C=O) groups is 2. The number of nitrogens with one attached hydrogen (secondary N) is 1. The lowest BCUT2D eigenvalue weighted by Gasteiger charge is -2.12. The number of nitrogens with zero attached hydrogens (tertiary/aromatic N) is 1. The van der Waals surface area contributed by atoms with Crippen molar-refractivity contribution in [1.82, 2.24) is 10.3 Å². The maximum Gasteiger partial charge on any atom is 0.339 e. The summed E-state index contributed by atoms with van der Waals surface area (Å²) in [4.78, 5) is 29.1. The Kier molecular flexibility index (Phi) is 5.99. The molecule has 1 aromatic heterocycles. The molecule has 0 saturated carbocycles. The third kappa shape index (κ3) is 4.52. The Hall–Kier alpha value is -3.28. The number of ether oxygens (including phenoxy) is 1. The molecular weight excluding hydrogens is 359 g/mol. The monoisotopic (exact) mass is 380 g/mol. The largest absolute Gasteiger partial charge is 0.452 e. The van der Waals surface area contributed by atoms with E-state index in [2.05, 4.69) is 10.3 Å². The Balaban J connectivity index is 1.89. The van der Waals surface area contributed by atoms with Gasteiger partial charge >= 0.3 is 5.97 Å². The predicted octanol–water partition coefficient (Wildman–Crippen LogP) is 4.11. The molecule has 0 aliphatic heterocycles. The molecule has 5 nitrogen and oxygen atoms in total. The highest BCUT2D eigenvalue weighted by atomic mass is 19.1. The van der Waals surface area contributed by atoms with Crippen molar-refractivity contribution in [2.45, 2.75) is 26.3 Å². The third-order valence-electron chi connectivity index (χ3n) is 4.43. The van der Waals surface area contributed by atoms with E-state index in [-0.39, 0.29) is 24.4 Å². The van der Waals surface area contributed by atoms with Gasteiger partial charge in [-0.25, -0.2) is 14.2 Å². The molecule has 0 saturated heterocycles. The first kappa shape index (κ1) is 19.5. The van der Waals surface area contributed by atoms with E-state index in [0.29, 0.717) is 27.7 Å². The number of halogens is 1. The van der Waals surface area contributed by atoms with Crippen molar-refractivity contribution in [3.8, 4) is 11.3 Å². The van der Waals surface area contributed by atoms with E-state index in [1.807, 2.05) is 19.9 Å². The molecule has 0 fully saturated rings. The third-order valence-corrected chi connectivity index (χ3v) is 4.43. The molecule has 3 aromatic rings. The number of hydrogen-bond donors (Lipinski definition) is 1.